The molecular weight excluding hydrogens is 307 g/mol. The van der Waals surface area contributed by atoms with Gasteiger partial charge in [-0.3, -0.25) is 4.79 Å². The lowest BCUT2D eigenvalue weighted by atomic mass is 9.98. The number of carbonyl (C=O) groups is 1. The smallest absolute Gasteiger partial charge is 0.312 e. The molecule has 2 aliphatic carbocycles. The highest BCUT2D eigenvalue weighted by Crippen LogP contribution is 2.67. The molecule has 0 bridgehead atoms. The molecule has 4 rings (SSSR count). The van der Waals surface area contributed by atoms with Crippen LogP contribution in [0.4, 0.5) is 10.2 Å². The lowest BCUT2D eigenvalue weighted by molar-refractivity contribution is -0.132. The number of aliphatic hydroxyl groups excluding tert-OH is 2. The van der Waals surface area contributed by atoms with Gasteiger partial charge in [-0.1, -0.05) is 0 Å². The molecule has 9 nitrogen and oxygen atoms in total. The second kappa shape index (κ2) is 4.36. The number of anilines is 1. The number of hydrogen-bond acceptors (Lipinski definition) is 7. The van der Waals surface area contributed by atoms with E-state index in [9.17, 15) is 19.4 Å². The van der Waals surface area contributed by atoms with Crippen molar-refractivity contribution in [3.8, 4) is 0 Å². The molecule has 2 aromatic heterocycles. The Morgan fingerprint density at radius 1 is 1.52 bits per heavy atom. The van der Waals surface area contributed by atoms with Crippen LogP contribution in [0.1, 0.15) is 12.5 Å². The first kappa shape index (κ1) is 14.3. The van der Waals surface area contributed by atoms with Crippen LogP contribution in [-0.2, 0) is 4.79 Å². The summed E-state index contributed by atoms with van der Waals surface area (Å²) in [6.45, 7) is 0. The number of aliphatic hydroxyl groups is 2. The van der Waals surface area contributed by atoms with E-state index in [1.54, 1.807) is 0 Å². The van der Waals surface area contributed by atoms with Crippen LogP contribution in [0.3, 0.4) is 0 Å². The van der Waals surface area contributed by atoms with Gasteiger partial charge in [0.15, 0.2) is 11.5 Å². The molecule has 10 heteroatoms. The molecule has 2 aliphatic rings. The minimum absolute atomic E-state index is 0.104. The lowest BCUT2D eigenvalue weighted by Crippen LogP contribution is -2.41. The van der Waals surface area contributed by atoms with E-state index in [1.807, 2.05) is 0 Å². The van der Waals surface area contributed by atoms with E-state index in [0.29, 0.717) is 6.42 Å². The van der Waals surface area contributed by atoms with Gasteiger partial charge in [-0.25, -0.2) is 4.98 Å². The van der Waals surface area contributed by atoms with E-state index in [0.717, 1.165) is 0 Å². The molecule has 2 aromatic rings. The SMILES string of the molecule is CNC(=O)[C@@]12C[C@@H]1[C@@H](n1cnc3c(N)nc(F)nc31)[C@@H](O)[C@H]2O. The summed E-state index contributed by atoms with van der Waals surface area (Å²) in [4.78, 5) is 23.3. The van der Waals surface area contributed by atoms with Crippen molar-refractivity contribution >= 4 is 22.9 Å². The Kier molecular flexibility index (Phi) is 2.70. The highest BCUT2D eigenvalue weighted by molar-refractivity contribution is 5.88. The number of nitrogens with zero attached hydrogens (tertiary/aromatic N) is 4. The summed E-state index contributed by atoms with van der Waals surface area (Å²) in [6.07, 6.45) is -1.61. The quantitative estimate of drug-likeness (QED) is 0.497. The Morgan fingerprint density at radius 3 is 2.96 bits per heavy atom. The fraction of sp³-hybridized carbons (Fsp3) is 0.538. The summed E-state index contributed by atoms with van der Waals surface area (Å²) >= 11 is 0. The van der Waals surface area contributed by atoms with Crippen LogP contribution in [0.15, 0.2) is 6.33 Å². The second-order valence-electron chi connectivity index (χ2n) is 6.06. The van der Waals surface area contributed by atoms with Gasteiger partial charge < -0.3 is 25.8 Å². The number of amides is 1. The highest BCUT2D eigenvalue weighted by Gasteiger charge is 2.75. The monoisotopic (exact) mass is 322 g/mol. The first-order valence-electron chi connectivity index (χ1n) is 7.15. The first-order chi connectivity index (χ1) is 10.9. The molecule has 0 spiro atoms. The zero-order valence-corrected chi connectivity index (χ0v) is 12.1. The van der Waals surface area contributed by atoms with Gasteiger partial charge >= 0.3 is 6.08 Å². The third-order valence-corrected chi connectivity index (χ3v) is 5.06. The summed E-state index contributed by atoms with van der Waals surface area (Å²) in [5.41, 5.74) is 4.95. The Labute approximate surface area is 129 Å². The van der Waals surface area contributed by atoms with Crippen molar-refractivity contribution in [3.63, 3.8) is 0 Å². The van der Waals surface area contributed by atoms with Crippen molar-refractivity contribution < 1.29 is 19.4 Å². The Bertz CT molecular complexity index is 825. The van der Waals surface area contributed by atoms with Gasteiger partial charge in [0.1, 0.15) is 11.6 Å². The van der Waals surface area contributed by atoms with Crippen molar-refractivity contribution in [3.05, 3.63) is 12.4 Å². The summed E-state index contributed by atoms with van der Waals surface area (Å²) in [6, 6.07) is -0.638. The Morgan fingerprint density at radius 2 is 2.26 bits per heavy atom. The van der Waals surface area contributed by atoms with Crippen molar-refractivity contribution in [2.24, 2.45) is 11.3 Å². The molecule has 122 valence electrons. The average Bonchev–Trinajstić information content (AvgIpc) is 3.05. The topological polar surface area (TPSA) is 139 Å². The largest absolute Gasteiger partial charge is 0.389 e. The molecular formula is C13H15FN6O3. The van der Waals surface area contributed by atoms with E-state index in [4.69, 9.17) is 5.73 Å². The molecule has 23 heavy (non-hydrogen) atoms. The van der Waals surface area contributed by atoms with E-state index < -0.39 is 29.7 Å². The van der Waals surface area contributed by atoms with Crippen LogP contribution in [0.2, 0.25) is 0 Å². The van der Waals surface area contributed by atoms with Crippen LogP contribution in [0, 0.1) is 17.4 Å². The zero-order chi connectivity index (χ0) is 16.5. The second-order valence-corrected chi connectivity index (χ2v) is 6.06. The van der Waals surface area contributed by atoms with Crippen molar-refractivity contribution in [1.82, 2.24) is 24.8 Å². The summed E-state index contributed by atoms with van der Waals surface area (Å²) < 4.78 is 14.9. The van der Waals surface area contributed by atoms with Crippen molar-refractivity contribution in [2.45, 2.75) is 24.7 Å². The number of hydrogen-bond donors (Lipinski definition) is 4. The third kappa shape index (κ3) is 1.61. The normalized spacial score (nSPS) is 35.3. The van der Waals surface area contributed by atoms with Gasteiger partial charge in [-0.05, 0) is 6.42 Å². The van der Waals surface area contributed by atoms with Crippen LogP contribution < -0.4 is 11.1 Å². The van der Waals surface area contributed by atoms with Gasteiger partial charge in [0.05, 0.1) is 23.9 Å². The fourth-order valence-corrected chi connectivity index (χ4v) is 3.92. The number of nitrogens with one attached hydrogen (secondary N) is 1. The number of imidazole rings is 1. The molecule has 5 atom stereocenters. The molecule has 2 fully saturated rings. The average molecular weight is 322 g/mol. The Hall–Kier alpha value is -2.33. The maximum Gasteiger partial charge on any atom is 0.312 e. The molecule has 1 amide bonds. The molecule has 0 radical (unpaired) electrons. The predicted molar refractivity (Wildman–Crippen MR) is 75.4 cm³/mol. The standard InChI is InChI=1S/C13H15FN6O3/c1-16-11(23)13-2-4(13)6(7(21)8(13)22)20-3-17-5-9(15)18-12(14)19-10(5)20/h3-4,6-8,21-22H,2H2,1H3,(H,16,23)(H2,15,18,19)/t4-,6-,7-,8-,13+/m1/s1. The molecule has 0 saturated heterocycles. The van der Waals surface area contributed by atoms with Crippen LogP contribution in [-0.4, -0.2) is 54.9 Å². The lowest BCUT2D eigenvalue weighted by Gasteiger charge is -2.23. The number of halogens is 1. The number of aromatic nitrogens is 4. The van der Waals surface area contributed by atoms with E-state index in [-0.39, 0.29) is 28.8 Å². The first-order valence-corrected chi connectivity index (χ1v) is 7.15. The maximum atomic E-state index is 13.5. The van der Waals surface area contributed by atoms with Gasteiger partial charge in [0.25, 0.3) is 0 Å². The predicted octanol–water partition coefficient (Wildman–Crippen LogP) is -1.42. The third-order valence-electron chi connectivity index (χ3n) is 5.06. The van der Waals surface area contributed by atoms with Gasteiger partial charge in [-0.15, -0.1) is 0 Å². The molecule has 0 aliphatic heterocycles. The van der Waals surface area contributed by atoms with Gasteiger partial charge in [0.2, 0.25) is 5.91 Å². The molecule has 0 unspecified atom stereocenters. The van der Waals surface area contributed by atoms with Crippen molar-refractivity contribution in [2.75, 3.05) is 12.8 Å². The number of fused-ring (bicyclic) bond motifs is 2. The van der Waals surface area contributed by atoms with Gasteiger partial charge in [-0.2, -0.15) is 14.4 Å². The van der Waals surface area contributed by atoms with Crippen molar-refractivity contribution in [1.29, 1.82) is 0 Å². The minimum Gasteiger partial charge on any atom is -0.389 e. The number of nitrogen functional groups attached to an aromatic ring is 1. The van der Waals surface area contributed by atoms with E-state index >= 15 is 0 Å². The van der Waals surface area contributed by atoms with Gasteiger partial charge in [0, 0.05) is 13.0 Å². The van der Waals surface area contributed by atoms with E-state index in [1.165, 1.54) is 17.9 Å². The Balaban J connectivity index is 1.82. The number of nitrogens with two attached hydrogens (primary N) is 1. The highest BCUT2D eigenvalue weighted by atomic mass is 19.1. The molecule has 0 aromatic carbocycles. The van der Waals surface area contributed by atoms with E-state index in [2.05, 4.69) is 20.3 Å². The maximum absolute atomic E-state index is 13.5. The summed E-state index contributed by atoms with van der Waals surface area (Å²) in [5.74, 6) is -0.710. The minimum atomic E-state index is -1.21. The van der Waals surface area contributed by atoms with Crippen LogP contribution in [0.5, 0.6) is 0 Å². The molecule has 2 heterocycles. The molecule has 2 saturated carbocycles. The number of carbonyl (C=O) groups excluding carboxylic acids is 1. The van der Waals surface area contributed by atoms with Crippen LogP contribution in [0.25, 0.3) is 11.2 Å². The summed E-state index contributed by atoms with van der Waals surface area (Å²) in [7, 11) is 1.48. The summed E-state index contributed by atoms with van der Waals surface area (Å²) in [5, 5.41) is 23.2. The van der Waals surface area contributed by atoms with Crippen LogP contribution >= 0.6 is 0 Å². The molecule has 5 N–H and O–H groups in total. The fourth-order valence-electron chi connectivity index (χ4n) is 3.92. The number of rotatable bonds is 2. The zero-order valence-electron chi connectivity index (χ0n) is 12.1.